The summed E-state index contributed by atoms with van der Waals surface area (Å²) in [5, 5.41) is 0. The van der Waals surface area contributed by atoms with E-state index in [0.717, 1.165) is 24.2 Å². The second-order valence-corrected chi connectivity index (χ2v) is 7.62. The fraction of sp³-hybridized carbons (Fsp3) is 0.684. The molecule has 1 aromatic rings. The van der Waals surface area contributed by atoms with Gasteiger partial charge in [-0.3, -0.25) is 11.3 Å². The van der Waals surface area contributed by atoms with Crippen molar-refractivity contribution in [2.75, 3.05) is 0 Å². The summed E-state index contributed by atoms with van der Waals surface area (Å²) in [5.41, 5.74) is 8.79. The summed E-state index contributed by atoms with van der Waals surface area (Å²) in [4.78, 5) is 0. The third-order valence-corrected chi connectivity index (χ3v) is 6.00. The number of nitrogens with one attached hydrogen (secondary N) is 1. The van der Waals surface area contributed by atoms with Crippen molar-refractivity contribution in [2.45, 2.75) is 65.3 Å². The zero-order chi connectivity index (χ0) is 15.0. The van der Waals surface area contributed by atoms with Gasteiger partial charge >= 0.3 is 0 Å². The average molecular weight is 286 g/mol. The van der Waals surface area contributed by atoms with E-state index in [1.165, 1.54) is 54.4 Å². The highest BCUT2D eigenvalue weighted by Gasteiger charge is 2.40. The van der Waals surface area contributed by atoms with Crippen molar-refractivity contribution in [3.8, 4) is 0 Å². The van der Waals surface area contributed by atoms with Gasteiger partial charge in [0.15, 0.2) is 0 Å². The van der Waals surface area contributed by atoms with Crippen molar-refractivity contribution in [1.82, 2.24) is 5.43 Å². The van der Waals surface area contributed by atoms with Gasteiger partial charge in [-0.15, -0.1) is 0 Å². The molecular formula is C19H30N2. The van der Waals surface area contributed by atoms with E-state index in [9.17, 15) is 0 Å². The SMILES string of the molecule is Cc1cc(C)c(CC(CC2CC3CCC2C3)NN)c(C)c1. The number of fused-ring (bicyclic) bond motifs is 2. The van der Waals surface area contributed by atoms with Crippen LogP contribution >= 0.6 is 0 Å². The molecular weight excluding hydrogens is 256 g/mol. The molecule has 0 radical (unpaired) electrons. The molecule has 4 unspecified atom stereocenters. The number of aryl methyl sites for hydroxylation is 3. The summed E-state index contributed by atoms with van der Waals surface area (Å²) in [6.45, 7) is 6.65. The van der Waals surface area contributed by atoms with Gasteiger partial charge < -0.3 is 0 Å². The Morgan fingerprint density at radius 3 is 2.38 bits per heavy atom. The molecule has 0 heterocycles. The molecule has 3 N–H and O–H groups in total. The average Bonchev–Trinajstić information content (AvgIpc) is 3.03. The van der Waals surface area contributed by atoms with Gasteiger partial charge in [-0.1, -0.05) is 24.1 Å². The maximum absolute atomic E-state index is 5.88. The molecule has 0 aromatic heterocycles. The fourth-order valence-electron chi connectivity index (χ4n) is 5.02. The Bertz CT molecular complexity index is 485. The van der Waals surface area contributed by atoms with Gasteiger partial charge in [-0.25, -0.2) is 0 Å². The highest BCUT2D eigenvalue weighted by Crippen LogP contribution is 2.50. The summed E-state index contributed by atoms with van der Waals surface area (Å²) >= 11 is 0. The maximum Gasteiger partial charge on any atom is 0.0253 e. The third kappa shape index (κ3) is 3.17. The maximum atomic E-state index is 5.88. The Kier molecular flexibility index (Phi) is 4.37. The minimum Gasteiger partial charge on any atom is -0.271 e. The lowest BCUT2D eigenvalue weighted by atomic mass is 9.82. The zero-order valence-electron chi connectivity index (χ0n) is 13.8. The normalized spacial score (nSPS) is 29.0. The van der Waals surface area contributed by atoms with Crippen LogP contribution in [0.5, 0.6) is 0 Å². The smallest absolute Gasteiger partial charge is 0.0253 e. The third-order valence-electron chi connectivity index (χ3n) is 6.00. The zero-order valence-corrected chi connectivity index (χ0v) is 13.8. The quantitative estimate of drug-likeness (QED) is 0.638. The molecule has 2 nitrogen and oxygen atoms in total. The van der Waals surface area contributed by atoms with Crippen molar-refractivity contribution in [1.29, 1.82) is 0 Å². The van der Waals surface area contributed by atoms with Gasteiger partial charge in [-0.05, 0) is 87.3 Å². The van der Waals surface area contributed by atoms with Crippen LogP contribution in [0, 0.1) is 38.5 Å². The number of rotatable bonds is 5. The van der Waals surface area contributed by atoms with Crippen molar-refractivity contribution < 1.29 is 0 Å². The molecule has 4 atom stereocenters. The monoisotopic (exact) mass is 286 g/mol. The number of hydrogen-bond donors (Lipinski definition) is 2. The summed E-state index contributed by atoms with van der Waals surface area (Å²) < 4.78 is 0. The number of hydrazine groups is 1. The molecule has 2 saturated carbocycles. The largest absolute Gasteiger partial charge is 0.271 e. The molecule has 116 valence electrons. The first-order valence-corrected chi connectivity index (χ1v) is 8.59. The number of nitrogens with two attached hydrogens (primary N) is 1. The van der Waals surface area contributed by atoms with E-state index in [2.05, 4.69) is 38.3 Å². The first-order valence-electron chi connectivity index (χ1n) is 8.59. The minimum atomic E-state index is 0.425. The van der Waals surface area contributed by atoms with Crippen LogP contribution in [-0.4, -0.2) is 6.04 Å². The van der Waals surface area contributed by atoms with E-state index < -0.39 is 0 Å². The summed E-state index contributed by atoms with van der Waals surface area (Å²) in [6, 6.07) is 5.02. The van der Waals surface area contributed by atoms with E-state index in [1.54, 1.807) is 0 Å². The highest BCUT2D eigenvalue weighted by atomic mass is 15.2. The van der Waals surface area contributed by atoms with Crippen LogP contribution in [0.25, 0.3) is 0 Å². The van der Waals surface area contributed by atoms with Crippen LogP contribution in [-0.2, 0) is 6.42 Å². The van der Waals surface area contributed by atoms with Gasteiger partial charge in [0.2, 0.25) is 0 Å². The van der Waals surface area contributed by atoms with Gasteiger partial charge in [-0.2, -0.15) is 0 Å². The van der Waals surface area contributed by atoms with E-state index in [1.807, 2.05) is 0 Å². The second-order valence-electron chi connectivity index (χ2n) is 7.62. The van der Waals surface area contributed by atoms with E-state index >= 15 is 0 Å². The first kappa shape index (κ1) is 15.1. The van der Waals surface area contributed by atoms with Crippen LogP contribution in [0.4, 0.5) is 0 Å². The van der Waals surface area contributed by atoms with E-state index in [-0.39, 0.29) is 0 Å². The van der Waals surface area contributed by atoms with Crippen molar-refractivity contribution in [3.63, 3.8) is 0 Å². The Morgan fingerprint density at radius 2 is 1.86 bits per heavy atom. The van der Waals surface area contributed by atoms with Crippen molar-refractivity contribution >= 4 is 0 Å². The number of hydrogen-bond acceptors (Lipinski definition) is 2. The molecule has 2 aliphatic rings. The van der Waals surface area contributed by atoms with E-state index in [0.29, 0.717) is 6.04 Å². The van der Waals surface area contributed by atoms with Gasteiger partial charge in [0.25, 0.3) is 0 Å². The molecule has 2 fully saturated rings. The van der Waals surface area contributed by atoms with Gasteiger partial charge in [0.1, 0.15) is 0 Å². The van der Waals surface area contributed by atoms with Gasteiger partial charge in [0, 0.05) is 6.04 Å². The van der Waals surface area contributed by atoms with Crippen molar-refractivity contribution in [3.05, 3.63) is 34.4 Å². The lowest BCUT2D eigenvalue weighted by molar-refractivity contribution is 0.277. The van der Waals surface area contributed by atoms with Crippen LogP contribution in [0.2, 0.25) is 0 Å². The van der Waals surface area contributed by atoms with Crippen LogP contribution in [0.3, 0.4) is 0 Å². The van der Waals surface area contributed by atoms with Crippen LogP contribution in [0.1, 0.15) is 54.4 Å². The predicted molar refractivity (Wildman–Crippen MR) is 89.0 cm³/mol. The summed E-state index contributed by atoms with van der Waals surface area (Å²) in [6.07, 6.45) is 8.22. The Hall–Kier alpha value is -0.860. The van der Waals surface area contributed by atoms with Crippen molar-refractivity contribution in [2.24, 2.45) is 23.6 Å². The Morgan fingerprint density at radius 1 is 1.14 bits per heavy atom. The molecule has 1 aromatic carbocycles. The number of benzene rings is 1. The molecule has 0 saturated heterocycles. The molecule has 21 heavy (non-hydrogen) atoms. The topological polar surface area (TPSA) is 38.0 Å². The van der Waals surface area contributed by atoms with Crippen LogP contribution in [0.15, 0.2) is 12.1 Å². The van der Waals surface area contributed by atoms with E-state index in [4.69, 9.17) is 5.84 Å². The second kappa shape index (κ2) is 6.10. The molecule has 3 rings (SSSR count). The molecule has 0 aliphatic heterocycles. The van der Waals surface area contributed by atoms with Gasteiger partial charge in [0.05, 0.1) is 0 Å². The predicted octanol–water partition coefficient (Wildman–Crippen LogP) is 3.81. The Labute approximate surface area is 129 Å². The molecule has 2 heteroatoms. The summed E-state index contributed by atoms with van der Waals surface area (Å²) in [7, 11) is 0. The lowest BCUT2D eigenvalue weighted by Gasteiger charge is -2.27. The molecule has 0 spiro atoms. The standard InChI is InChI=1S/C19H30N2/c1-12-6-13(2)19(14(3)7-12)11-18(21-20)10-17-9-15-4-5-16(17)8-15/h6-7,15-18,21H,4-5,8-11,20H2,1-3H3. The molecule has 2 bridgehead atoms. The summed E-state index contributed by atoms with van der Waals surface area (Å²) in [5.74, 6) is 8.81. The first-order chi connectivity index (χ1) is 10.1. The highest BCUT2D eigenvalue weighted by molar-refractivity contribution is 5.38. The molecule has 0 amide bonds. The Balaban J connectivity index is 1.67. The minimum absolute atomic E-state index is 0.425. The van der Waals surface area contributed by atoms with Crippen LogP contribution < -0.4 is 11.3 Å². The molecule has 2 aliphatic carbocycles. The lowest BCUT2D eigenvalue weighted by Crippen LogP contribution is -2.39. The fourth-order valence-corrected chi connectivity index (χ4v) is 5.02.